The number of guanidine groups is 1. The zero-order chi connectivity index (χ0) is 38.2. The molecule has 3 aliphatic carbocycles. The number of benzene rings is 2. The third-order valence-corrected chi connectivity index (χ3v) is 11.4. The fraction of sp³-hybridized carbons (Fsp3) is 0.500. The van der Waals surface area contributed by atoms with Crippen LogP contribution < -0.4 is 5.73 Å². The number of nitrogens with two attached hydrogens (primary N) is 1. The summed E-state index contributed by atoms with van der Waals surface area (Å²) in [5.41, 5.74) is 4.53. The molecule has 0 radical (unpaired) electrons. The van der Waals surface area contributed by atoms with E-state index in [0.717, 1.165) is 57.3 Å². The van der Waals surface area contributed by atoms with Gasteiger partial charge in [0.2, 0.25) is 0 Å². The lowest BCUT2D eigenvalue weighted by Gasteiger charge is -2.37. The Morgan fingerprint density at radius 2 is 1.76 bits per heavy atom. The summed E-state index contributed by atoms with van der Waals surface area (Å²) in [6.07, 6.45) is 3.53. The van der Waals surface area contributed by atoms with Crippen molar-refractivity contribution in [1.29, 1.82) is 0 Å². The van der Waals surface area contributed by atoms with E-state index < -0.39 is 41.5 Å². The summed E-state index contributed by atoms with van der Waals surface area (Å²) in [5.74, 6) is -1.02. The highest BCUT2D eigenvalue weighted by Crippen LogP contribution is 2.51. The van der Waals surface area contributed by atoms with Crippen LogP contribution in [0.15, 0.2) is 60.0 Å². The first-order valence-electron chi connectivity index (χ1n) is 18.2. The van der Waals surface area contributed by atoms with Crippen LogP contribution >= 0.6 is 11.6 Å². The van der Waals surface area contributed by atoms with E-state index in [1.165, 1.54) is 6.33 Å². The molecule has 1 aliphatic heterocycles. The van der Waals surface area contributed by atoms with Crippen LogP contribution in [0.1, 0.15) is 101 Å². The fourth-order valence-electron chi connectivity index (χ4n) is 7.09. The molecular weight excluding hydrogens is 723 g/mol. The van der Waals surface area contributed by atoms with Crippen LogP contribution in [0.4, 0.5) is 13.2 Å². The minimum absolute atomic E-state index is 0.145. The molecule has 0 spiro atoms. The second-order valence-corrected chi connectivity index (χ2v) is 16.5. The predicted molar refractivity (Wildman–Crippen MR) is 193 cm³/mol. The smallest absolute Gasteiger partial charge is 0.394 e. The van der Waals surface area contributed by atoms with Crippen LogP contribution in [0.25, 0.3) is 22.6 Å². The maximum Gasteiger partial charge on any atom is 0.394 e. The van der Waals surface area contributed by atoms with Crippen LogP contribution in [0.3, 0.4) is 0 Å². The van der Waals surface area contributed by atoms with Crippen LogP contribution in [-0.2, 0) is 19.9 Å². The topological polar surface area (TPSA) is 146 Å². The van der Waals surface area contributed by atoms with Crippen molar-refractivity contribution >= 4 is 29.4 Å². The number of hydrogen-bond donors (Lipinski definition) is 1. The van der Waals surface area contributed by atoms with Gasteiger partial charge in [-0.15, -0.1) is 0 Å². The predicted octanol–water partition coefficient (Wildman–Crippen LogP) is 7.33. The number of ether oxygens (including phenoxy) is 1. The molecule has 1 amide bonds. The first-order valence-corrected chi connectivity index (χ1v) is 18.6. The summed E-state index contributed by atoms with van der Waals surface area (Å²) in [4.78, 5) is 40.1. The highest BCUT2D eigenvalue weighted by atomic mass is 35.5. The Kier molecular flexibility index (Phi) is 8.66. The van der Waals surface area contributed by atoms with E-state index in [1.54, 1.807) is 58.1 Å². The monoisotopic (exact) mass is 763 g/mol. The Morgan fingerprint density at radius 1 is 1.06 bits per heavy atom. The van der Waals surface area contributed by atoms with E-state index in [1.807, 2.05) is 6.92 Å². The number of alkyl halides is 3. The Morgan fingerprint density at radius 3 is 2.41 bits per heavy atom. The van der Waals surface area contributed by atoms with E-state index in [0.29, 0.717) is 33.2 Å². The summed E-state index contributed by atoms with van der Waals surface area (Å²) in [6.45, 7) is 3.75. The largest absolute Gasteiger partial charge is 0.463 e. The highest BCUT2D eigenvalue weighted by molar-refractivity contribution is 6.33. The van der Waals surface area contributed by atoms with Gasteiger partial charge < -0.3 is 10.5 Å². The first kappa shape index (κ1) is 36.2. The van der Waals surface area contributed by atoms with Crippen molar-refractivity contribution in [3.63, 3.8) is 0 Å². The molecule has 4 aromatic rings. The highest BCUT2D eigenvalue weighted by Gasteiger charge is 2.59. The van der Waals surface area contributed by atoms with Crippen molar-refractivity contribution in [3.8, 4) is 22.6 Å². The minimum Gasteiger partial charge on any atom is -0.463 e. The summed E-state index contributed by atoms with van der Waals surface area (Å²) in [5, 5.41) is 13.7. The van der Waals surface area contributed by atoms with Crippen molar-refractivity contribution in [2.24, 2.45) is 21.6 Å². The van der Waals surface area contributed by atoms with Gasteiger partial charge in [0.25, 0.3) is 5.91 Å². The summed E-state index contributed by atoms with van der Waals surface area (Å²) < 4.78 is 51.5. The number of nitrogens with zero attached hydrogens (tertiary/aromatic N) is 8. The van der Waals surface area contributed by atoms with Crippen molar-refractivity contribution < 1.29 is 27.5 Å². The van der Waals surface area contributed by atoms with Crippen molar-refractivity contribution in [2.45, 2.75) is 102 Å². The molecule has 8 rings (SSSR count). The molecule has 0 saturated heterocycles. The van der Waals surface area contributed by atoms with Crippen LogP contribution in [0.5, 0.6) is 0 Å². The molecule has 2 aromatic heterocycles. The molecule has 2 N–H and O–H groups in total. The molecule has 2 aromatic carbocycles. The van der Waals surface area contributed by atoms with Crippen molar-refractivity contribution in [3.05, 3.63) is 71.1 Å². The maximum atomic E-state index is 15.1. The third-order valence-electron chi connectivity index (χ3n) is 11.1. The standard InChI is InChI=1S/C38H41ClF3N9O3/c1-35(2,38(40,41)42)20-37(24-7-4-22(5-8-24)29-18-45-51(48-29)26-11-12-26)33(53)49(34(43)47-37)30(19-54-31(52)17-36(3)14-15-36)23-6-13-28(39)27(16-23)32-44-21-46-50(32)25-9-10-25/h4-8,13,16,18,21,25-26,30H,9-12,14-15,17,19-20H2,1-3H3,(H2,43,47)/t30-,37-/m1/s1. The van der Waals surface area contributed by atoms with E-state index >= 15 is 4.79 Å². The Hall–Kier alpha value is -4.79. The van der Waals surface area contributed by atoms with Crippen LogP contribution in [0, 0.1) is 10.8 Å². The Labute approximate surface area is 314 Å². The van der Waals surface area contributed by atoms with Gasteiger partial charge in [-0.25, -0.2) is 14.7 Å². The average Bonchev–Trinajstić information content (AvgIpc) is 4.10. The summed E-state index contributed by atoms with van der Waals surface area (Å²) in [7, 11) is 0. The van der Waals surface area contributed by atoms with Gasteiger partial charge in [0.15, 0.2) is 17.3 Å². The molecule has 16 heteroatoms. The van der Waals surface area contributed by atoms with E-state index in [9.17, 15) is 18.0 Å². The normalized spacial score (nSPS) is 21.6. The van der Waals surface area contributed by atoms with Gasteiger partial charge in [-0.3, -0.25) is 14.5 Å². The summed E-state index contributed by atoms with van der Waals surface area (Å²) in [6, 6.07) is 11.0. The number of aromatic nitrogens is 6. The Balaban J connectivity index is 1.18. The van der Waals surface area contributed by atoms with E-state index in [4.69, 9.17) is 22.1 Å². The van der Waals surface area contributed by atoms with Crippen LogP contribution in [-0.4, -0.2) is 65.3 Å². The average molecular weight is 764 g/mol. The number of aliphatic imine (C=N–C) groups is 1. The minimum atomic E-state index is -4.68. The van der Waals surface area contributed by atoms with Gasteiger partial charge in [0, 0.05) is 11.1 Å². The molecule has 54 heavy (non-hydrogen) atoms. The lowest BCUT2D eigenvalue weighted by Crippen LogP contribution is -2.49. The first-order chi connectivity index (χ1) is 25.6. The van der Waals surface area contributed by atoms with E-state index in [2.05, 4.69) is 25.3 Å². The summed E-state index contributed by atoms with van der Waals surface area (Å²) >= 11 is 6.72. The third kappa shape index (κ3) is 6.75. The maximum absolute atomic E-state index is 15.1. The molecule has 4 aliphatic rings. The van der Waals surface area contributed by atoms with Crippen molar-refractivity contribution in [2.75, 3.05) is 6.61 Å². The number of esters is 1. The molecular formula is C38H41ClF3N9O3. The molecule has 0 unspecified atom stereocenters. The van der Waals surface area contributed by atoms with Gasteiger partial charge in [0.05, 0.1) is 41.2 Å². The van der Waals surface area contributed by atoms with Gasteiger partial charge >= 0.3 is 12.1 Å². The molecule has 2 atom stereocenters. The van der Waals surface area contributed by atoms with Gasteiger partial charge in [0.1, 0.15) is 18.6 Å². The van der Waals surface area contributed by atoms with Gasteiger partial charge in [-0.1, -0.05) is 62.7 Å². The van der Waals surface area contributed by atoms with E-state index in [-0.39, 0.29) is 42.0 Å². The Bertz CT molecular complexity index is 2130. The molecule has 12 nitrogen and oxygen atoms in total. The van der Waals surface area contributed by atoms with Gasteiger partial charge in [-0.2, -0.15) is 33.3 Å². The number of carbonyl (C=O) groups excluding carboxylic acids is 2. The molecule has 284 valence electrons. The van der Waals surface area contributed by atoms with Crippen molar-refractivity contribution in [1.82, 2.24) is 34.7 Å². The lowest BCUT2D eigenvalue weighted by atomic mass is 9.74. The number of amides is 1. The second kappa shape index (κ2) is 12.9. The molecule has 3 saturated carbocycles. The van der Waals surface area contributed by atoms with Crippen LogP contribution in [0.2, 0.25) is 5.02 Å². The quantitative estimate of drug-likeness (QED) is 0.139. The zero-order valence-electron chi connectivity index (χ0n) is 30.2. The SMILES string of the molecule is CC1(CC(=O)OC[C@H](c2ccc(Cl)c(-c3ncnn3C3CC3)c2)N2C(=O)[C@@](CC(C)(C)C(F)(F)F)(c3ccc(-c4cnn(C5CC5)n4)cc3)N=C2N)CC1. The number of rotatable bonds is 13. The molecule has 0 bridgehead atoms. The fourth-order valence-corrected chi connectivity index (χ4v) is 7.29. The van der Waals surface area contributed by atoms with Gasteiger partial charge in [-0.05, 0) is 73.6 Å². The molecule has 3 fully saturated rings. The molecule has 3 heterocycles. The number of halogens is 4. The second-order valence-electron chi connectivity index (χ2n) is 16.1. The number of hydrogen-bond acceptors (Lipinski definition) is 9. The lowest BCUT2D eigenvalue weighted by molar-refractivity contribution is -0.218. The number of carbonyl (C=O) groups is 2. The zero-order valence-corrected chi connectivity index (χ0v) is 30.9.